The Hall–Kier alpha value is -1.54. The molecule has 2 heteroatoms. The fourth-order valence-electron chi connectivity index (χ4n) is 2.28. The Balaban J connectivity index is 2.18. The molecule has 22 heavy (non-hydrogen) atoms. The number of benzene rings is 2. The van der Waals surface area contributed by atoms with Crippen LogP contribution in [0.2, 0.25) is 0 Å². The summed E-state index contributed by atoms with van der Waals surface area (Å²) in [6.07, 6.45) is 0.562. The van der Waals surface area contributed by atoms with Crippen molar-refractivity contribution in [2.24, 2.45) is 5.41 Å². The van der Waals surface area contributed by atoms with Crippen molar-refractivity contribution in [1.82, 2.24) is 0 Å². The predicted octanol–water partition coefficient (Wildman–Crippen LogP) is 5.77. The summed E-state index contributed by atoms with van der Waals surface area (Å²) in [6.45, 7) is 8.75. The second kappa shape index (κ2) is 7.15. The Morgan fingerprint density at radius 1 is 1.00 bits per heavy atom. The van der Waals surface area contributed by atoms with E-state index < -0.39 is 0 Å². The Kier molecular flexibility index (Phi) is 5.47. The lowest BCUT2D eigenvalue weighted by molar-refractivity contribution is 0.0969. The van der Waals surface area contributed by atoms with E-state index in [1.165, 1.54) is 10.5 Å². The van der Waals surface area contributed by atoms with E-state index >= 15 is 0 Å². The minimum absolute atomic E-state index is 0.0669. The SMILES string of the molecule is Cc1ccccc1S[C@H](CC(=O)c1ccccc1)C(C)(C)C. The molecule has 1 nitrogen and oxygen atoms in total. The van der Waals surface area contributed by atoms with E-state index in [1.54, 1.807) is 0 Å². The summed E-state index contributed by atoms with van der Waals surface area (Å²) in [5, 5.41) is 0.251. The summed E-state index contributed by atoms with van der Waals surface area (Å²) in [7, 11) is 0. The summed E-state index contributed by atoms with van der Waals surface area (Å²) in [6, 6.07) is 18.0. The van der Waals surface area contributed by atoms with Gasteiger partial charge >= 0.3 is 0 Å². The average molecular weight is 312 g/mol. The monoisotopic (exact) mass is 312 g/mol. The average Bonchev–Trinajstić information content (AvgIpc) is 2.48. The molecule has 0 radical (unpaired) electrons. The molecule has 2 aromatic carbocycles. The molecule has 116 valence electrons. The van der Waals surface area contributed by atoms with Crippen LogP contribution in [0, 0.1) is 12.3 Å². The van der Waals surface area contributed by atoms with Gasteiger partial charge < -0.3 is 0 Å². The quantitative estimate of drug-likeness (QED) is 0.514. The van der Waals surface area contributed by atoms with E-state index in [1.807, 2.05) is 42.1 Å². The van der Waals surface area contributed by atoms with Crippen molar-refractivity contribution in [1.29, 1.82) is 0 Å². The topological polar surface area (TPSA) is 17.1 Å². The van der Waals surface area contributed by atoms with Gasteiger partial charge in [-0.1, -0.05) is 69.3 Å². The molecule has 0 N–H and O–H groups in total. The van der Waals surface area contributed by atoms with Crippen molar-refractivity contribution in [2.75, 3.05) is 0 Å². The van der Waals surface area contributed by atoms with Gasteiger partial charge in [0.15, 0.2) is 5.78 Å². The van der Waals surface area contributed by atoms with Crippen molar-refractivity contribution >= 4 is 17.5 Å². The van der Waals surface area contributed by atoms with E-state index in [2.05, 4.69) is 52.0 Å². The molecule has 0 spiro atoms. The first kappa shape index (κ1) is 16.8. The van der Waals surface area contributed by atoms with Crippen molar-refractivity contribution in [3.05, 3.63) is 65.7 Å². The van der Waals surface area contributed by atoms with Crippen LogP contribution in [-0.2, 0) is 0 Å². The number of carbonyl (C=O) groups is 1. The Morgan fingerprint density at radius 3 is 2.18 bits per heavy atom. The second-order valence-corrected chi connectivity index (χ2v) is 7.98. The van der Waals surface area contributed by atoms with Crippen LogP contribution >= 0.6 is 11.8 Å². The Morgan fingerprint density at radius 2 is 1.59 bits per heavy atom. The third-order valence-electron chi connectivity index (χ3n) is 3.80. The van der Waals surface area contributed by atoms with Gasteiger partial charge in [0.2, 0.25) is 0 Å². The van der Waals surface area contributed by atoms with Crippen LogP contribution in [-0.4, -0.2) is 11.0 Å². The van der Waals surface area contributed by atoms with Gasteiger partial charge in [-0.05, 0) is 24.0 Å². The molecule has 0 aliphatic heterocycles. The highest BCUT2D eigenvalue weighted by Crippen LogP contribution is 2.39. The van der Waals surface area contributed by atoms with Gasteiger partial charge in [0.25, 0.3) is 0 Å². The van der Waals surface area contributed by atoms with Gasteiger partial charge in [-0.25, -0.2) is 0 Å². The lowest BCUT2D eigenvalue weighted by Crippen LogP contribution is -2.26. The number of rotatable bonds is 5. The summed E-state index contributed by atoms with van der Waals surface area (Å²) in [4.78, 5) is 13.8. The highest BCUT2D eigenvalue weighted by Gasteiger charge is 2.28. The van der Waals surface area contributed by atoms with Crippen LogP contribution in [0.3, 0.4) is 0 Å². The minimum atomic E-state index is 0.0669. The minimum Gasteiger partial charge on any atom is -0.294 e. The fourth-order valence-corrected chi connectivity index (χ4v) is 3.58. The van der Waals surface area contributed by atoms with E-state index in [4.69, 9.17) is 0 Å². The number of hydrogen-bond acceptors (Lipinski definition) is 2. The number of aryl methyl sites for hydroxylation is 1. The molecule has 0 saturated heterocycles. The molecule has 0 heterocycles. The van der Waals surface area contributed by atoms with Crippen LogP contribution < -0.4 is 0 Å². The molecular formula is C20H24OS. The summed E-state index contributed by atoms with van der Waals surface area (Å²) in [5.74, 6) is 0.224. The van der Waals surface area contributed by atoms with E-state index in [9.17, 15) is 4.79 Å². The third kappa shape index (κ3) is 4.48. The summed E-state index contributed by atoms with van der Waals surface area (Å²) in [5.41, 5.74) is 2.15. The zero-order valence-corrected chi connectivity index (χ0v) is 14.6. The van der Waals surface area contributed by atoms with Crippen molar-refractivity contribution in [2.45, 2.75) is 44.3 Å². The molecule has 1 atom stereocenters. The maximum absolute atomic E-state index is 12.6. The van der Waals surface area contributed by atoms with E-state index in [-0.39, 0.29) is 16.4 Å². The molecule has 0 aliphatic carbocycles. The van der Waals surface area contributed by atoms with Crippen LogP contribution in [0.4, 0.5) is 0 Å². The number of Topliss-reactive ketones (excluding diaryl/α,β-unsaturated/α-hetero) is 1. The molecule has 0 bridgehead atoms. The first-order chi connectivity index (χ1) is 10.4. The Bertz CT molecular complexity index is 626. The highest BCUT2D eigenvalue weighted by molar-refractivity contribution is 8.00. The summed E-state index contributed by atoms with van der Waals surface area (Å²) >= 11 is 1.82. The predicted molar refractivity (Wildman–Crippen MR) is 95.7 cm³/mol. The van der Waals surface area contributed by atoms with E-state index in [0.29, 0.717) is 6.42 Å². The Labute approximate surface area is 138 Å². The first-order valence-corrected chi connectivity index (χ1v) is 8.56. The number of ketones is 1. The zero-order chi connectivity index (χ0) is 16.2. The zero-order valence-electron chi connectivity index (χ0n) is 13.8. The molecule has 0 aromatic heterocycles. The molecule has 2 aromatic rings. The lowest BCUT2D eigenvalue weighted by Gasteiger charge is -2.30. The van der Waals surface area contributed by atoms with Crippen LogP contribution in [0.5, 0.6) is 0 Å². The van der Waals surface area contributed by atoms with Crippen LogP contribution in [0.15, 0.2) is 59.5 Å². The number of hydrogen-bond donors (Lipinski definition) is 0. The lowest BCUT2D eigenvalue weighted by atomic mass is 9.88. The molecule has 0 fully saturated rings. The molecule has 0 saturated carbocycles. The third-order valence-corrected chi connectivity index (χ3v) is 5.67. The molecule has 0 aliphatic rings. The molecule has 0 unspecified atom stereocenters. The van der Waals surface area contributed by atoms with Gasteiger partial charge in [0.05, 0.1) is 0 Å². The van der Waals surface area contributed by atoms with Crippen molar-refractivity contribution < 1.29 is 4.79 Å². The smallest absolute Gasteiger partial charge is 0.164 e. The first-order valence-electron chi connectivity index (χ1n) is 7.68. The van der Waals surface area contributed by atoms with Gasteiger partial charge in [-0.2, -0.15) is 0 Å². The largest absolute Gasteiger partial charge is 0.294 e. The molecule has 2 rings (SSSR count). The maximum atomic E-state index is 12.6. The number of thioether (sulfide) groups is 1. The van der Waals surface area contributed by atoms with Gasteiger partial charge in [0, 0.05) is 22.1 Å². The fraction of sp³-hybridized carbons (Fsp3) is 0.350. The highest BCUT2D eigenvalue weighted by atomic mass is 32.2. The molecular weight excluding hydrogens is 288 g/mol. The normalized spacial score (nSPS) is 12.9. The number of carbonyl (C=O) groups excluding carboxylic acids is 1. The van der Waals surface area contributed by atoms with Gasteiger partial charge in [0.1, 0.15) is 0 Å². The van der Waals surface area contributed by atoms with Crippen molar-refractivity contribution in [3.8, 4) is 0 Å². The van der Waals surface area contributed by atoms with Gasteiger partial charge in [-0.15, -0.1) is 11.8 Å². The second-order valence-electron chi connectivity index (χ2n) is 6.73. The molecule has 0 amide bonds. The van der Waals surface area contributed by atoms with Crippen LogP contribution in [0.1, 0.15) is 43.1 Å². The standard InChI is InChI=1S/C20H24OS/c1-15-10-8-9-13-18(15)22-19(20(2,3)4)14-17(21)16-11-6-5-7-12-16/h5-13,19H,14H2,1-4H3/t19-/m1/s1. The maximum Gasteiger partial charge on any atom is 0.164 e. The van der Waals surface area contributed by atoms with Crippen molar-refractivity contribution in [3.63, 3.8) is 0 Å². The van der Waals surface area contributed by atoms with Gasteiger partial charge in [-0.3, -0.25) is 4.79 Å². The van der Waals surface area contributed by atoms with Crippen LogP contribution in [0.25, 0.3) is 0 Å². The summed E-state index contributed by atoms with van der Waals surface area (Å²) < 4.78 is 0. The van der Waals surface area contributed by atoms with E-state index in [0.717, 1.165) is 5.56 Å².